The minimum atomic E-state index is -0.448. The van der Waals surface area contributed by atoms with Crippen LogP contribution in [-0.4, -0.2) is 53.5 Å². The number of carbonyl (C=O) groups is 1. The lowest BCUT2D eigenvalue weighted by molar-refractivity contribution is -0.141. The number of anilines is 1. The first kappa shape index (κ1) is 16.2. The normalized spacial score (nSPS) is 18.5. The van der Waals surface area contributed by atoms with E-state index in [1.807, 2.05) is 18.7 Å². The molecule has 1 aliphatic heterocycles. The van der Waals surface area contributed by atoms with Crippen molar-refractivity contribution < 1.29 is 4.79 Å². The van der Waals surface area contributed by atoms with E-state index >= 15 is 0 Å². The molecule has 0 aromatic carbocycles. The number of nitrogens with zero attached hydrogens (tertiary/aromatic N) is 4. The second kappa shape index (κ2) is 6.70. The summed E-state index contributed by atoms with van der Waals surface area (Å²) < 4.78 is 0.863. The molecule has 21 heavy (non-hydrogen) atoms. The number of rotatable bonds is 4. The number of hydrogen-bond acceptors (Lipinski definition) is 5. The summed E-state index contributed by atoms with van der Waals surface area (Å²) in [6, 6.07) is 0. The molecule has 0 radical (unpaired) electrons. The van der Waals surface area contributed by atoms with Crippen molar-refractivity contribution in [3.63, 3.8) is 0 Å². The van der Waals surface area contributed by atoms with E-state index < -0.39 is 5.41 Å². The molecular formula is C14H22BrN5O. The summed E-state index contributed by atoms with van der Waals surface area (Å²) in [6.45, 7) is 7.21. The standard InChI is InChI=1S/C14H22BrN5O/c1-3-14(2,10-16)12(21)19-4-6-20(7-5-19)13-17-8-11(15)9-18-13/h8-9H,3-7,10,16H2,1-2H3. The van der Waals surface area contributed by atoms with Crippen LogP contribution in [-0.2, 0) is 4.79 Å². The van der Waals surface area contributed by atoms with Gasteiger partial charge in [-0.15, -0.1) is 0 Å². The Labute approximate surface area is 133 Å². The van der Waals surface area contributed by atoms with Crippen molar-refractivity contribution in [3.8, 4) is 0 Å². The molecule has 6 nitrogen and oxygen atoms in total. The Balaban J connectivity index is 1.97. The number of amides is 1. The van der Waals surface area contributed by atoms with Crippen molar-refractivity contribution in [2.75, 3.05) is 37.6 Å². The summed E-state index contributed by atoms with van der Waals surface area (Å²) in [6.07, 6.45) is 4.24. The molecule has 1 aliphatic rings. The van der Waals surface area contributed by atoms with E-state index in [0.29, 0.717) is 25.6 Å². The lowest BCUT2D eigenvalue weighted by atomic mass is 9.86. The summed E-state index contributed by atoms with van der Waals surface area (Å²) >= 11 is 3.33. The molecule has 0 saturated carbocycles. The number of halogens is 1. The SMILES string of the molecule is CCC(C)(CN)C(=O)N1CCN(c2ncc(Br)cn2)CC1. The van der Waals surface area contributed by atoms with Gasteiger partial charge in [0.2, 0.25) is 11.9 Å². The zero-order valence-corrected chi connectivity index (χ0v) is 14.1. The van der Waals surface area contributed by atoms with Gasteiger partial charge in [0, 0.05) is 45.1 Å². The van der Waals surface area contributed by atoms with Crippen LogP contribution in [0.3, 0.4) is 0 Å². The minimum absolute atomic E-state index is 0.156. The quantitative estimate of drug-likeness (QED) is 0.879. The highest BCUT2D eigenvalue weighted by Gasteiger charge is 2.35. The molecular weight excluding hydrogens is 334 g/mol. The van der Waals surface area contributed by atoms with Crippen LogP contribution >= 0.6 is 15.9 Å². The van der Waals surface area contributed by atoms with Gasteiger partial charge in [-0.05, 0) is 29.3 Å². The van der Waals surface area contributed by atoms with Crippen LogP contribution in [0.4, 0.5) is 5.95 Å². The van der Waals surface area contributed by atoms with Gasteiger partial charge in [0.1, 0.15) is 0 Å². The Bertz CT molecular complexity index is 481. The molecule has 1 fully saturated rings. The average molecular weight is 356 g/mol. The lowest BCUT2D eigenvalue weighted by Crippen LogP contribution is -2.54. The Kier molecular flexibility index (Phi) is 5.16. The van der Waals surface area contributed by atoms with Gasteiger partial charge in [0.05, 0.1) is 9.89 Å². The summed E-state index contributed by atoms with van der Waals surface area (Å²) in [5.74, 6) is 0.867. The first-order valence-electron chi connectivity index (χ1n) is 7.22. The van der Waals surface area contributed by atoms with Crippen LogP contribution in [0.2, 0.25) is 0 Å². The van der Waals surface area contributed by atoms with Gasteiger partial charge >= 0.3 is 0 Å². The van der Waals surface area contributed by atoms with Crippen molar-refractivity contribution in [2.24, 2.45) is 11.1 Å². The zero-order chi connectivity index (χ0) is 15.5. The highest BCUT2D eigenvalue weighted by molar-refractivity contribution is 9.10. The van der Waals surface area contributed by atoms with Crippen LogP contribution in [0.1, 0.15) is 20.3 Å². The summed E-state index contributed by atoms with van der Waals surface area (Å²) in [5.41, 5.74) is 5.33. The Hall–Kier alpha value is -1.21. The van der Waals surface area contributed by atoms with Crippen molar-refractivity contribution in [1.29, 1.82) is 0 Å². The van der Waals surface area contributed by atoms with Gasteiger partial charge in [-0.3, -0.25) is 4.79 Å². The van der Waals surface area contributed by atoms with Crippen LogP contribution in [0, 0.1) is 5.41 Å². The highest BCUT2D eigenvalue weighted by atomic mass is 79.9. The van der Waals surface area contributed by atoms with E-state index in [1.165, 1.54) is 0 Å². The first-order chi connectivity index (χ1) is 10.00. The molecule has 0 aliphatic carbocycles. The Morgan fingerprint density at radius 3 is 2.38 bits per heavy atom. The number of hydrogen-bond donors (Lipinski definition) is 1. The van der Waals surface area contributed by atoms with Crippen LogP contribution in [0.5, 0.6) is 0 Å². The molecule has 1 aromatic rings. The maximum Gasteiger partial charge on any atom is 0.229 e. The van der Waals surface area contributed by atoms with E-state index in [9.17, 15) is 4.79 Å². The molecule has 1 aromatic heterocycles. The minimum Gasteiger partial charge on any atom is -0.339 e. The maximum atomic E-state index is 12.6. The second-order valence-corrected chi connectivity index (χ2v) is 6.51. The Morgan fingerprint density at radius 2 is 1.90 bits per heavy atom. The Morgan fingerprint density at radius 1 is 1.33 bits per heavy atom. The number of nitrogens with two attached hydrogens (primary N) is 1. The molecule has 1 amide bonds. The highest BCUT2D eigenvalue weighted by Crippen LogP contribution is 2.24. The van der Waals surface area contributed by atoms with E-state index in [0.717, 1.165) is 24.0 Å². The summed E-state index contributed by atoms with van der Waals surface area (Å²) in [5, 5.41) is 0. The fourth-order valence-electron chi connectivity index (χ4n) is 2.34. The largest absolute Gasteiger partial charge is 0.339 e. The van der Waals surface area contributed by atoms with Gasteiger partial charge in [0.25, 0.3) is 0 Å². The fourth-order valence-corrected chi connectivity index (χ4v) is 2.55. The molecule has 2 rings (SSSR count). The van der Waals surface area contributed by atoms with Gasteiger partial charge in [-0.2, -0.15) is 0 Å². The third-order valence-corrected chi connectivity index (χ3v) is 4.61. The number of carbonyl (C=O) groups excluding carboxylic acids is 1. The first-order valence-corrected chi connectivity index (χ1v) is 8.01. The van der Waals surface area contributed by atoms with Crippen molar-refractivity contribution in [1.82, 2.24) is 14.9 Å². The van der Waals surface area contributed by atoms with E-state index in [2.05, 4.69) is 30.8 Å². The third-order valence-electron chi connectivity index (χ3n) is 4.20. The lowest BCUT2D eigenvalue weighted by Gasteiger charge is -2.39. The smallest absolute Gasteiger partial charge is 0.229 e. The van der Waals surface area contributed by atoms with Crippen LogP contribution < -0.4 is 10.6 Å². The molecule has 116 valence electrons. The molecule has 0 bridgehead atoms. The molecule has 1 saturated heterocycles. The number of aromatic nitrogens is 2. The molecule has 1 atom stereocenters. The molecule has 0 spiro atoms. The van der Waals surface area contributed by atoms with Crippen molar-refractivity contribution in [3.05, 3.63) is 16.9 Å². The molecule has 2 heterocycles. The van der Waals surface area contributed by atoms with Crippen LogP contribution in [0.25, 0.3) is 0 Å². The number of piperazine rings is 1. The van der Waals surface area contributed by atoms with Crippen LogP contribution in [0.15, 0.2) is 16.9 Å². The van der Waals surface area contributed by atoms with E-state index in [-0.39, 0.29) is 5.91 Å². The maximum absolute atomic E-state index is 12.6. The van der Waals surface area contributed by atoms with E-state index in [4.69, 9.17) is 5.73 Å². The second-order valence-electron chi connectivity index (χ2n) is 5.60. The molecule has 7 heteroatoms. The van der Waals surface area contributed by atoms with Crippen molar-refractivity contribution >= 4 is 27.8 Å². The average Bonchev–Trinajstić information content (AvgIpc) is 2.54. The van der Waals surface area contributed by atoms with E-state index in [1.54, 1.807) is 12.4 Å². The summed E-state index contributed by atoms with van der Waals surface area (Å²) in [7, 11) is 0. The monoisotopic (exact) mass is 355 g/mol. The van der Waals surface area contributed by atoms with Gasteiger partial charge in [0.15, 0.2) is 0 Å². The van der Waals surface area contributed by atoms with Gasteiger partial charge in [-0.1, -0.05) is 6.92 Å². The molecule has 2 N–H and O–H groups in total. The van der Waals surface area contributed by atoms with Gasteiger partial charge < -0.3 is 15.5 Å². The predicted octanol–water partition coefficient (Wildman–Crippen LogP) is 1.26. The zero-order valence-electron chi connectivity index (χ0n) is 12.5. The molecule has 1 unspecified atom stereocenters. The van der Waals surface area contributed by atoms with Gasteiger partial charge in [-0.25, -0.2) is 9.97 Å². The topological polar surface area (TPSA) is 75.4 Å². The predicted molar refractivity (Wildman–Crippen MR) is 86.0 cm³/mol. The van der Waals surface area contributed by atoms with Crippen molar-refractivity contribution in [2.45, 2.75) is 20.3 Å². The summed E-state index contributed by atoms with van der Waals surface area (Å²) in [4.78, 5) is 25.2. The fraction of sp³-hybridized carbons (Fsp3) is 0.643. The third kappa shape index (κ3) is 3.52.